The van der Waals surface area contributed by atoms with Gasteiger partial charge >= 0.3 is 6.09 Å². The molecule has 1 aromatic carbocycles. The predicted molar refractivity (Wildman–Crippen MR) is 97.4 cm³/mol. The summed E-state index contributed by atoms with van der Waals surface area (Å²) in [4.78, 5) is 19.7. The van der Waals surface area contributed by atoms with Gasteiger partial charge in [-0.3, -0.25) is 0 Å². The monoisotopic (exact) mass is 356 g/mol. The van der Waals surface area contributed by atoms with E-state index >= 15 is 0 Å². The van der Waals surface area contributed by atoms with Gasteiger partial charge < -0.3 is 15.4 Å². The normalized spacial score (nSPS) is 10.5. The van der Waals surface area contributed by atoms with Crippen LogP contribution >= 0.6 is 0 Å². The van der Waals surface area contributed by atoms with E-state index in [2.05, 4.69) is 32.4 Å². The molecule has 0 saturated carbocycles. The van der Waals surface area contributed by atoms with Crippen molar-refractivity contribution in [2.24, 2.45) is 0 Å². The minimum absolute atomic E-state index is 0.336. The lowest BCUT2D eigenvalue weighted by atomic mass is 10.2. The number of carbonyl (C=O) groups is 1. The van der Waals surface area contributed by atoms with Crippen LogP contribution in [0, 0.1) is 17.7 Å². The van der Waals surface area contributed by atoms with Crippen molar-refractivity contribution in [3.05, 3.63) is 48.0 Å². The molecule has 0 atom stereocenters. The number of carbonyl (C=O) groups excluding carboxylic acids is 1. The Balaban J connectivity index is 1.79. The quantitative estimate of drug-likeness (QED) is 0.646. The van der Waals surface area contributed by atoms with E-state index in [1.807, 2.05) is 0 Å². The molecule has 2 rings (SSSR count). The van der Waals surface area contributed by atoms with E-state index in [0.29, 0.717) is 30.2 Å². The van der Waals surface area contributed by atoms with Gasteiger partial charge in [0.25, 0.3) is 0 Å². The third-order valence-corrected chi connectivity index (χ3v) is 2.88. The summed E-state index contributed by atoms with van der Waals surface area (Å²) in [6, 6.07) is 6.04. The molecule has 0 aliphatic heterocycles. The van der Waals surface area contributed by atoms with Crippen LogP contribution in [0.15, 0.2) is 36.7 Å². The van der Waals surface area contributed by atoms with Crippen LogP contribution in [0.2, 0.25) is 0 Å². The number of aromatic nitrogens is 2. The minimum atomic E-state index is -0.519. The topological polar surface area (TPSA) is 76.1 Å². The van der Waals surface area contributed by atoms with Crippen molar-refractivity contribution in [2.75, 3.05) is 11.9 Å². The zero-order chi connectivity index (χ0) is 19.0. The number of hydrogen-bond acceptors (Lipinski definition) is 5. The van der Waals surface area contributed by atoms with Crippen molar-refractivity contribution >= 4 is 17.7 Å². The first kappa shape index (κ1) is 19.2. The summed E-state index contributed by atoms with van der Waals surface area (Å²) in [5.41, 5.74) is 0.693. The van der Waals surface area contributed by atoms with Gasteiger partial charge in [-0.25, -0.2) is 19.2 Å². The second-order valence-corrected chi connectivity index (χ2v) is 6.41. The van der Waals surface area contributed by atoms with Crippen molar-refractivity contribution in [3.8, 4) is 11.8 Å². The fraction of sp³-hybridized carbons (Fsp3) is 0.316. The molecule has 6 nitrogen and oxygen atoms in total. The first-order valence-electron chi connectivity index (χ1n) is 8.12. The summed E-state index contributed by atoms with van der Waals surface area (Å²) in [5, 5.41) is 5.54. The van der Waals surface area contributed by atoms with E-state index in [-0.39, 0.29) is 5.82 Å². The molecule has 0 saturated heterocycles. The number of halogens is 1. The van der Waals surface area contributed by atoms with Crippen LogP contribution in [-0.2, 0) is 4.74 Å². The van der Waals surface area contributed by atoms with Gasteiger partial charge in [0, 0.05) is 31.0 Å². The number of benzene rings is 1. The highest BCUT2D eigenvalue weighted by molar-refractivity contribution is 5.67. The lowest BCUT2D eigenvalue weighted by molar-refractivity contribution is 0.0529. The molecule has 0 spiro atoms. The fourth-order valence-electron chi connectivity index (χ4n) is 1.86. The number of ether oxygens (including phenoxy) is 1. The predicted octanol–water partition coefficient (Wildman–Crippen LogP) is 3.63. The van der Waals surface area contributed by atoms with Crippen LogP contribution in [0.3, 0.4) is 0 Å². The lowest BCUT2D eigenvalue weighted by Gasteiger charge is -2.19. The van der Waals surface area contributed by atoms with E-state index in [0.717, 1.165) is 0 Å². The van der Waals surface area contributed by atoms with Gasteiger partial charge in [-0.05, 0) is 39.0 Å². The molecular weight excluding hydrogens is 335 g/mol. The molecule has 0 aliphatic rings. The zero-order valence-corrected chi connectivity index (χ0v) is 15.0. The van der Waals surface area contributed by atoms with Gasteiger partial charge in [-0.2, -0.15) is 0 Å². The molecule has 26 heavy (non-hydrogen) atoms. The zero-order valence-electron chi connectivity index (χ0n) is 15.0. The molecule has 7 heteroatoms. The first-order valence-corrected chi connectivity index (χ1v) is 8.12. The van der Waals surface area contributed by atoms with Crippen molar-refractivity contribution in [1.29, 1.82) is 0 Å². The van der Waals surface area contributed by atoms with Crippen LogP contribution < -0.4 is 10.6 Å². The molecule has 0 fully saturated rings. The van der Waals surface area contributed by atoms with E-state index in [4.69, 9.17) is 4.74 Å². The Kier molecular flexibility index (Phi) is 6.50. The Hall–Kier alpha value is -3.14. The third kappa shape index (κ3) is 7.18. The summed E-state index contributed by atoms with van der Waals surface area (Å²) in [5.74, 6) is 5.86. The van der Waals surface area contributed by atoms with Crippen LogP contribution in [0.4, 0.5) is 20.8 Å². The Labute approximate surface area is 152 Å². The van der Waals surface area contributed by atoms with Crippen molar-refractivity contribution in [3.63, 3.8) is 0 Å². The van der Waals surface area contributed by atoms with E-state index in [1.54, 1.807) is 45.3 Å². The van der Waals surface area contributed by atoms with E-state index in [1.165, 1.54) is 12.1 Å². The van der Waals surface area contributed by atoms with Gasteiger partial charge in [0.15, 0.2) is 0 Å². The second kappa shape index (κ2) is 8.81. The molecule has 0 radical (unpaired) electrons. The summed E-state index contributed by atoms with van der Waals surface area (Å²) in [6.45, 7) is 5.81. The van der Waals surface area contributed by atoms with Crippen molar-refractivity contribution < 1.29 is 13.9 Å². The Morgan fingerprint density at radius 2 is 2.00 bits per heavy atom. The molecule has 1 heterocycles. The molecule has 1 amide bonds. The van der Waals surface area contributed by atoms with Crippen LogP contribution in [0.25, 0.3) is 0 Å². The highest BCUT2D eigenvalue weighted by Crippen LogP contribution is 2.13. The van der Waals surface area contributed by atoms with Gasteiger partial charge in [0.05, 0.1) is 5.56 Å². The van der Waals surface area contributed by atoms with Crippen molar-refractivity contribution in [2.45, 2.75) is 32.8 Å². The molecule has 1 aromatic heterocycles. The molecule has 2 N–H and O–H groups in total. The molecule has 136 valence electrons. The Morgan fingerprint density at radius 3 is 2.65 bits per heavy atom. The number of amides is 1. The van der Waals surface area contributed by atoms with Crippen LogP contribution in [0.5, 0.6) is 0 Å². The molecular formula is C19H21FN4O2. The average molecular weight is 356 g/mol. The summed E-state index contributed by atoms with van der Waals surface area (Å²) >= 11 is 0. The highest BCUT2D eigenvalue weighted by atomic mass is 19.1. The maximum atomic E-state index is 13.1. The van der Waals surface area contributed by atoms with Gasteiger partial charge in [-0.1, -0.05) is 17.9 Å². The molecule has 0 bridgehead atoms. The standard InChI is InChI=1S/C19H21FN4O2/c1-19(2,3)26-18(25)21-10-5-4-7-14-12-22-17(23-13-14)24-16-9-6-8-15(20)11-16/h6,8-9,11-13H,5,10H2,1-3H3,(H,21,25)(H,22,23,24). The smallest absolute Gasteiger partial charge is 0.407 e. The lowest BCUT2D eigenvalue weighted by Crippen LogP contribution is -2.32. The SMILES string of the molecule is CC(C)(C)OC(=O)NCCC#Cc1cnc(Nc2cccc(F)c2)nc1. The fourth-order valence-corrected chi connectivity index (χ4v) is 1.86. The Bertz CT molecular complexity index is 805. The minimum Gasteiger partial charge on any atom is -0.444 e. The number of alkyl carbamates (subject to hydrolysis) is 1. The molecule has 0 aliphatic carbocycles. The number of nitrogens with zero attached hydrogens (tertiary/aromatic N) is 2. The number of rotatable bonds is 4. The summed E-state index contributed by atoms with van der Waals surface area (Å²) in [7, 11) is 0. The van der Waals surface area contributed by atoms with Crippen molar-refractivity contribution in [1.82, 2.24) is 15.3 Å². The number of anilines is 2. The Morgan fingerprint density at radius 1 is 1.27 bits per heavy atom. The summed E-state index contributed by atoms with van der Waals surface area (Å²) < 4.78 is 18.3. The maximum absolute atomic E-state index is 13.1. The molecule has 2 aromatic rings. The van der Waals surface area contributed by atoms with Crippen LogP contribution in [-0.4, -0.2) is 28.2 Å². The number of nitrogens with one attached hydrogen (secondary N) is 2. The van der Waals surface area contributed by atoms with Gasteiger partial charge in [0.1, 0.15) is 11.4 Å². The van der Waals surface area contributed by atoms with E-state index < -0.39 is 11.7 Å². The second-order valence-electron chi connectivity index (χ2n) is 6.41. The first-order chi connectivity index (χ1) is 12.3. The number of hydrogen-bond donors (Lipinski definition) is 2. The third-order valence-electron chi connectivity index (χ3n) is 2.88. The molecule has 0 unspecified atom stereocenters. The average Bonchev–Trinajstić information content (AvgIpc) is 2.54. The van der Waals surface area contributed by atoms with Gasteiger partial charge in [-0.15, -0.1) is 0 Å². The van der Waals surface area contributed by atoms with Gasteiger partial charge in [0.2, 0.25) is 5.95 Å². The largest absolute Gasteiger partial charge is 0.444 e. The summed E-state index contributed by atoms with van der Waals surface area (Å²) in [6.07, 6.45) is 3.16. The maximum Gasteiger partial charge on any atom is 0.407 e. The van der Waals surface area contributed by atoms with E-state index in [9.17, 15) is 9.18 Å². The highest BCUT2D eigenvalue weighted by Gasteiger charge is 2.15. The van der Waals surface area contributed by atoms with Crippen LogP contribution in [0.1, 0.15) is 32.8 Å².